The lowest BCUT2D eigenvalue weighted by Gasteiger charge is -2.30. The van der Waals surface area contributed by atoms with Crippen molar-refractivity contribution in [1.82, 2.24) is 0 Å². The van der Waals surface area contributed by atoms with Gasteiger partial charge in [-0.15, -0.1) is 0 Å². The molecule has 0 bridgehead atoms. The number of rotatable bonds is 2. The number of morpholine rings is 1. The second-order valence-corrected chi connectivity index (χ2v) is 4.21. The summed E-state index contributed by atoms with van der Waals surface area (Å²) in [6, 6.07) is 8.66. The zero-order valence-corrected chi connectivity index (χ0v) is 9.93. The van der Waals surface area contributed by atoms with Crippen LogP contribution >= 0.6 is 0 Å². The van der Waals surface area contributed by atoms with Gasteiger partial charge in [0.1, 0.15) is 11.6 Å². The highest BCUT2D eigenvalue weighted by atomic mass is 19.1. The monoisotopic (exact) mass is 247 g/mol. The maximum atomic E-state index is 14.1. The summed E-state index contributed by atoms with van der Waals surface area (Å²) in [5, 5.41) is 0. The van der Waals surface area contributed by atoms with Crippen LogP contribution in [0.2, 0.25) is 0 Å². The van der Waals surface area contributed by atoms with Crippen molar-refractivity contribution >= 4 is 5.69 Å². The number of benzene rings is 1. The lowest BCUT2D eigenvalue weighted by Crippen LogP contribution is -2.36. The standard InChI is InChI=1S/C14H14FNO2/c15-11-3-1-4-12(16-6-9-17-10-7-16)14(11)13-5-2-8-18-13/h1-5,8H,6-7,9-10H2. The minimum atomic E-state index is -0.256. The highest BCUT2D eigenvalue weighted by Gasteiger charge is 2.19. The zero-order valence-electron chi connectivity index (χ0n) is 9.93. The van der Waals surface area contributed by atoms with Gasteiger partial charge in [-0.2, -0.15) is 0 Å². The summed E-state index contributed by atoms with van der Waals surface area (Å²) in [6.45, 7) is 2.90. The van der Waals surface area contributed by atoms with Crippen LogP contribution in [0.1, 0.15) is 0 Å². The Bertz CT molecular complexity index is 519. The fraction of sp³-hybridized carbons (Fsp3) is 0.286. The molecule has 0 N–H and O–H groups in total. The van der Waals surface area contributed by atoms with E-state index >= 15 is 0 Å². The Labute approximate surface area is 105 Å². The first kappa shape index (κ1) is 11.3. The van der Waals surface area contributed by atoms with E-state index in [0.717, 1.165) is 18.8 Å². The summed E-state index contributed by atoms with van der Waals surface area (Å²) in [6.07, 6.45) is 1.56. The van der Waals surface area contributed by atoms with E-state index < -0.39 is 0 Å². The van der Waals surface area contributed by atoms with E-state index in [-0.39, 0.29) is 5.82 Å². The third-order valence-electron chi connectivity index (χ3n) is 3.11. The molecule has 1 fully saturated rings. The summed E-state index contributed by atoms with van der Waals surface area (Å²) in [4.78, 5) is 2.13. The van der Waals surface area contributed by atoms with Crippen molar-refractivity contribution in [3.05, 3.63) is 42.4 Å². The molecule has 94 valence electrons. The normalized spacial score (nSPS) is 15.9. The minimum absolute atomic E-state index is 0.256. The molecule has 1 saturated heterocycles. The molecular weight excluding hydrogens is 233 g/mol. The molecule has 18 heavy (non-hydrogen) atoms. The van der Waals surface area contributed by atoms with Crippen LogP contribution in [0.25, 0.3) is 11.3 Å². The molecular formula is C14H14FNO2. The van der Waals surface area contributed by atoms with E-state index in [2.05, 4.69) is 4.90 Å². The molecule has 2 aromatic rings. The smallest absolute Gasteiger partial charge is 0.138 e. The van der Waals surface area contributed by atoms with E-state index in [1.54, 1.807) is 24.5 Å². The predicted octanol–water partition coefficient (Wildman–Crippen LogP) is 2.92. The lowest BCUT2D eigenvalue weighted by molar-refractivity contribution is 0.122. The minimum Gasteiger partial charge on any atom is -0.464 e. The first-order valence-corrected chi connectivity index (χ1v) is 6.01. The molecule has 0 radical (unpaired) electrons. The average molecular weight is 247 g/mol. The van der Waals surface area contributed by atoms with Gasteiger partial charge in [0.15, 0.2) is 0 Å². The van der Waals surface area contributed by atoms with E-state index in [4.69, 9.17) is 9.15 Å². The maximum Gasteiger partial charge on any atom is 0.138 e. The Balaban J connectivity index is 2.05. The molecule has 0 aliphatic carbocycles. The van der Waals surface area contributed by atoms with Gasteiger partial charge >= 0.3 is 0 Å². The average Bonchev–Trinajstić information content (AvgIpc) is 2.93. The van der Waals surface area contributed by atoms with Crippen molar-refractivity contribution < 1.29 is 13.5 Å². The van der Waals surface area contributed by atoms with Crippen LogP contribution in [-0.4, -0.2) is 26.3 Å². The number of halogens is 1. The van der Waals surface area contributed by atoms with Gasteiger partial charge in [0.2, 0.25) is 0 Å². The van der Waals surface area contributed by atoms with Crippen molar-refractivity contribution in [3.63, 3.8) is 0 Å². The Hall–Kier alpha value is -1.81. The van der Waals surface area contributed by atoms with E-state index in [1.807, 2.05) is 6.07 Å². The van der Waals surface area contributed by atoms with Gasteiger partial charge in [-0.3, -0.25) is 0 Å². The highest BCUT2D eigenvalue weighted by molar-refractivity contribution is 5.76. The van der Waals surface area contributed by atoms with Crippen molar-refractivity contribution in [3.8, 4) is 11.3 Å². The predicted molar refractivity (Wildman–Crippen MR) is 67.1 cm³/mol. The van der Waals surface area contributed by atoms with Crippen LogP contribution in [0.3, 0.4) is 0 Å². The molecule has 3 nitrogen and oxygen atoms in total. The van der Waals surface area contributed by atoms with Crippen molar-refractivity contribution in [2.45, 2.75) is 0 Å². The first-order valence-electron chi connectivity index (χ1n) is 6.01. The number of furan rings is 1. The molecule has 3 rings (SSSR count). The third-order valence-corrected chi connectivity index (χ3v) is 3.11. The summed E-state index contributed by atoms with van der Waals surface area (Å²) in [5.74, 6) is 0.309. The number of hydrogen-bond acceptors (Lipinski definition) is 3. The summed E-state index contributed by atoms with van der Waals surface area (Å²) >= 11 is 0. The van der Waals surface area contributed by atoms with Gasteiger partial charge in [-0.05, 0) is 24.3 Å². The quantitative estimate of drug-likeness (QED) is 0.816. The molecule has 2 heterocycles. The number of nitrogens with zero attached hydrogens (tertiary/aromatic N) is 1. The molecule has 1 aliphatic rings. The van der Waals surface area contributed by atoms with Crippen LogP contribution in [0.5, 0.6) is 0 Å². The van der Waals surface area contributed by atoms with Gasteiger partial charge < -0.3 is 14.1 Å². The Morgan fingerprint density at radius 3 is 2.61 bits per heavy atom. The van der Waals surface area contributed by atoms with Crippen molar-refractivity contribution in [2.75, 3.05) is 31.2 Å². The molecule has 0 saturated carbocycles. The van der Waals surface area contributed by atoms with Crippen molar-refractivity contribution in [1.29, 1.82) is 0 Å². The zero-order chi connectivity index (χ0) is 12.4. The van der Waals surface area contributed by atoms with Crippen LogP contribution < -0.4 is 4.90 Å². The topological polar surface area (TPSA) is 25.6 Å². The van der Waals surface area contributed by atoms with E-state index in [9.17, 15) is 4.39 Å². The largest absolute Gasteiger partial charge is 0.464 e. The lowest BCUT2D eigenvalue weighted by atomic mass is 10.1. The van der Waals surface area contributed by atoms with Crippen LogP contribution in [-0.2, 0) is 4.74 Å². The second kappa shape index (κ2) is 4.82. The van der Waals surface area contributed by atoms with Crippen LogP contribution in [0, 0.1) is 5.82 Å². The molecule has 0 spiro atoms. The Morgan fingerprint density at radius 2 is 1.89 bits per heavy atom. The highest BCUT2D eigenvalue weighted by Crippen LogP contribution is 2.33. The van der Waals surface area contributed by atoms with E-state index in [0.29, 0.717) is 24.5 Å². The molecule has 0 unspecified atom stereocenters. The number of hydrogen-bond donors (Lipinski definition) is 0. The van der Waals surface area contributed by atoms with Crippen LogP contribution in [0.4, 0.5) is 10.1 Å². The summed E-state index contributed by atoms with van der Waals surface area (Å²) in [5.41, 5.74) is 1.40. The molecule has 1 aromatic heterocycles. The SMILES string of the molecule is Fc1cccc(N2CCOCC2)c1-c1ccco1. The second-order valence-electron chi connectivity index (χ2n) is 4.21. The molecule has 4 heteroatoms. The number of anilines is 1. The maximum absolute atomic E-state index is 14.1. The van der Waals surface area contributed by atoms with Crippen molar-refractivity contribution in [2.24, 2.45) is 0 Å². The van der Waals surface area contributed by atoms with Gasteiger partial charge in [0.05, 0.1) is 30.7 Å². The first-order chi connectivity index (χ1) is 8.86. The van der Waals surface area contributed by atoms with Gasteiger partial charge in [0.25, 0.3) is 0 Å². The van der Waals surface area contributed by atoms with Gasteiger partial charge in [-0.25, -0.2) is 4.39 Å². The molecule has 1 aromatic carbocycles. The summed E-state index contributed by atoms with van der Waals surface area (Å²) in [7, 11) is 0. The molecule has 1 aliphatic heterocycles. The van der Waals surface area contributed by atoms with E-state index in [1.165, 1.54) is 6.07 Å². The fourth-order valence-corrected chi connectivity index (χ4v) is 2.25. The third kappa shape index (κ3) is 1.99. The number of ether oxygens (including phenoxy) is 1. The Morgan fingerprint density at radius 1 is 1.06 bits per heavy atom. The molecule has 0 atom stereocenters. The fourth-order valence-electron chi connectivity index (χ4n) is 2.25. The molecule has 0 amide bonds. The van der Waals surface area contributed by atoms with Gasteiger partial charge in [0, 0.05) is 13.1 Å². The van der Waals surface area contributed by atoms with Crippen LogP contribution in [0.15, 0.2) is 41.0 Å². The Kier molecular flexibility index (Phi) is 3.02. The summed E-state index contributed by atoms with van der Waals surface area (Å²) < 4.78 is 24.7. The van der Waals surface area contributed by atoms with Gasteiger partial charge in [-0.1, -0.05) is 6.07 Å².